The van der Waals surface area contributed by atoms with Crippen LogP contribution in [0.4, 0.5) is 5.69 Å². The second kappa shape index (κ2) is 9.96. The van der Waals surface area contributed by atoms with E-state index in [9.17, 15) is 9.59 Å². The standard InChI is InChI=1S/C39H26INO3/c40-29-23-13-14-24-30(29)41-35(42)33-34(36(41)43)39(28-21-11-4-12-22-28)32(26-17-7-2-8-18-26)31(25-15-5-1-6-16-25)38(33,37(39)44)27-19-9-3-10-20-27/h1-24,33-34H/t33-,34-,38+,39+/m1/s1. The van der Waals surface area contributed by atoms with E-state index in [0.29, 0.717) is 5.69 Å². The molecule has 5 heteroatoms. The maximum absolute atomic E-state index is 15.8. The number of hydrogen-bond acceptors (Lipinski definition) is 3. The second-order valence-corrected chi connectivity index (χ2v) is 12.7. The molecule has 1 saturated heterocycles. The molecule has 2 fully saturated rings. The van der Waals surface area contributed by atoms with Gasteiger partial charge in [0, 0.05) is 3.57 Å². The molecule has 0 aromatic heterocycles. The van der Waals surface area contributed by atoms with Gasteiger partial charge in [-0.25, -0.2) is 4.90 Å². The Morgan fingerprint density at radius 3 is 1.25 bits per heavy atom. The van der Waals surface area contributed by atoms with Crippen LogP contribution in [0.15, 0.2) is 146 Å². The number of nitrogens with zero attached hydrogens (tertiary/aromatic N) is 1. The van der Waals surface area contributed by atoms with Gasteiger partial charge in [0.25, 0.3) is 0 Å². The van der Waals surface area contributed by atoms with Crippen molar-refractivity contribution in [2.75, 3.05) is 4.90 Å². The Hall–Kier alpha value is -4.62. The van der Waals surface area contributed by atoms with Crippen LogP contribution in [0.25, 0.3) is 11.1 Å². The molecule has 0 radical (unpaired) electrons. The van der Waals surface area contributed by atoms with E-state index in [1.807, 2.05) is 146 Å². The first-order valence-corrected chi connectivity index (χ1v) is 15.8. The SMILES string of the molecule is O=C1[C@H]2[C@H](C(=O)N1c1ccccc1I)[C@@]1(c3ccccc3)C(=O)[C@@]2(c2ccccc2)C(c2ccccc2)=C1c1ccccc1. The van der Waals surface area contributed by atoms with Crippen LogP contribution in [0, 0.1) is 15.4 Å². The Labute approximate surface area is 269 Å². The molecule has 3 aliphatic rings. The van der Waals surface area contributed by atoms with E-state index in [-0.39, 0.29) is 17.6 Å². The van der Waals surface area contributed by atoms with Crippen molar-refractivity contribution in [3.8, 4) is 0 Å². The summed E-state index contributed by atoms with van der Waals surface area (Å²) >= 11 is 2.18. The largest absolute Gasteiger partial charge is 0.297 e. The van der Waals surface area contributed by atoms with E-state index in [2.05, 4.69) is 22.6 Å². The lowest BCUT2D eigenvalue weighted by atomic mass is 9.59. The molecule has 44 heavy (non-hydrogen) atoms. The van der Waals surface area contributed by atoms with Crippen molar-refractivity contribution in [3.05, 3.63) is 171 Å². The second-order valence-electron chi connectivity index (χ2n) is 11.6. The highest BCUT2D eigenvalue weighted by molar-refractivity contribution is 14.1. The number of amides is 2. The molecule has 5 aromatic carbocycles. The fourth-order valence-electron chi connectivity index (χ4n) is 8.20. The molecule has 4 nitrogen and oxygen atoms in total. The maximum atomic E-state index is 15.8. The van der Waals surface area contributed by atoms with Gasteiger partial charge < -0.3 is 0 Å². The fraction of sp³-hybridized carbons (Fsp3) is 0.103. The smallest absolute Gasteiger partial charge is 0.239 e. The predicted octanol–water partition coefficient (Wildman–Crippen LogP) is 7.48. The lowest BCUT2D eigenvalue weighted by Gasteiger charge is -2.39. The van der Waals surface area contributed by atoms with Crippen LogP contribution < -0.4 is 4.90 Å². The van der Waals surface area contributed by atoms with Gasteiger partial charge in [0.1, 0.15) is 0 Å². The first-order valence-electron chi connectivity index (χ1n) is 14.7. The van der Waals surface area contributed by atoms with E-state index >= 15 is 4.79 Å². The van der Waals surface area contributed by atoms with E-state index in [0.717, 1.165) is 37.0 Å². The number of carbonyl (C=O) groups excluding carboxylic acids is 3. The molecule has 212 valence electrons. The van der Waals surface area contributed by atoms with Crippen LogP contribution in [-0.4, -0.2) is 17.6 Å². The Kier molecular flexibility index (Phi) is 6.10. The average Bonchev–Trinajstić information content (AvgIpc) is 3.59. The number of rotatable bonds is 5. The van der Waals surface area contributed by atoms with Crippen LogP contribution >= 0.6 is 22.6 Å². The average molecular weight is 684 g/mol. The summed E-state index contributed by atoms with van der Waals surface area (Å²) in [6, 6.07) is 46.6. The van der Waals surface area contributed by atoms with Gasteiger partial charge in [-0.15, -0.1) is 0 Å². The first-order chi connectivity index (χ1) is 21.5. The van der Waals surface area contributed by atoms with Crippen molar-refractivity contribution < 1.29 is 14.4 Å². The molecular formula is C39H26INO3. The van der Waals surface area contributed by atoms with Gasteiger partial charge in [0.15, 0.2) is 5.78 Å². The number of ketones is 1. The van der Waals surface area contributed by atoms with Crippen LogP contribution in [0.1, 0.15) is 22.3 Å². The lowest BCUT2D eigenvalue weighted by molar-refractivity contribution is -0.130. The van der Waals surface area contributed by atoms with Gasteiger partial charge in [0.2, 0.25) is 11.8 Å². The van der Waals surface area contributed by atoms with Gasteiger partial charge in [-0.1, -0.05) is 133 Å². The molecule has 1 heterocycles. The molecule has 4 atom stereocenters. The maximum Gasteiger partial charge on any atom is 0.239 e. The topological polar surface area (TPSA) is 54.5 Å². The first kappa shape index (κ1) is 27.0. The van der Waals surface area contributed by atoms with Gasteiger partial charge in [-0.05, 0) is 68.1 Å². The molecule has 2 aliphatic carbocycles. The molecule has 1 saturated carbocycles. The van der Waals surface area contributed by atoms with Gasteiger partial charge in [0.05, 0.1) is 28.4 Å². The predicted molar refractivity (Wildman–Crippen MR) is 180 cm³/mol. The number of carbonyl (C=O) groups is 3. The molecule has 0 spiro atoms. The quantitative estimate of drug-likeness (QED) is 0.143. The van der Waals surface area contributed by atoms with E-state index in [1.54, 1.807) is 0 Å². The van der Waals surface area contributed by atoms with Crippen molar-refractivity contribution in [2.24, 2.45) is 11.8 Å². The molecule has 0 N–H and O–H groups in total. The minimum atomic E-state index is -1.39. The normalized spacial score (nSPS) is 25.6. The number of allylic oxidation sites excluding steroid dienone is 2. The van der Waals surface area contributed by atoms with Crippen molar-refractivity contribution in [3.63, 3.8) is 0 Å². The van der Waals surface area contributed by atoms with Crippen molar-refractivity contribution >= 4 is 57.0 Å². The van der Waals surface area contributed by atoms with E-state index in [1.165, 1.54) is 4.90 Å². The minimum Gasteiger partial charge on any atom is -0.297 e. The number of anilines is 1. The minimum absolute atomic E-state index is 0.112. The Morgan fingerprint density at radius 1 is 0.477 bits per heavy atom. The van der Waals surface area contributed by atoms with Crippen LogP contribution in [0.5, 0.6) is 0 Å². The molecule has 2 amide bonds. The number of benzene rings is 5. The third kappa shape index (κ3) is 3.30. The molecule has 5 aromatic rings. The van der Waals surface area contributed by atoms with Gasteiger partial charge >= 0.3 is 0 Å². The summed E-state index contributed by atoms with van der Waals surface area (Å²) < 4.78 is 0.799. The van der Waals surface area contributed by atoms with Crippen molar-refractivity contribution in [1.29, 1.82) is 0 Å². The third-order valence-corrected chi connectivity index (χ3v) is 10.6. The fourth-order valence-corrected chi connectivity index (χ4v) is 8.83. The number of fused-ring (bicyclic) bond motifs is 5. The molecule has 2 bridgehead atoms. The lowest BCUT2D eigenvalue weighted by Crippen LogP contribution is -2.45. The number of para-hydroxylation sites is 1. The Balaban J connectivity index is 1.57. The third-order valence-electron chi connectivity index (χ3n) is 9.67. The van der Waals surface area contributed by atoms with E-state index < -0.39 is 22.7 Å². The highest BCUT2D eigenvalue weighted by Crippen LogP contribution is 2.74. The number of hydrogen-bond donors (Lipinski definition) is 0. The Bertz CT molecular complexity index is 1870. The highest BCUT2D eigenvalue weighted by atomic mass is 127. The monoisotopic (exact) mass is 683 g/mol. The molecular weight excluding hydrogens is 657 g/mol. The molecule has 1 aliphatic heterocycles. The number of Topliss-reactive ketones (excluding diaryl/α,β-unsaturated/α-hetero) is 1. The molecule has 8 rings (SSSR count). The van der Waals surface area contributed by atoms with Crippen molar-refractivity contribution in [1.82, 2.24) is 0 Å². The van der Waals surface area contributed by atoms with Crippen molar-refractivity contribution in [2.45, 2.75) is 10.8 Å². The summed E-state index contributed by atoms with van der Waals surface area (Å²) in [6.45, 7) is 0. The Morgan fingerprint density at radius 2 is 0.841 bits per heavy atom. The summed E-state index contributed by atoms with van der Waals surface area (Å²) in [5.74, 6) is -2.63. The van der Waals surface area contributed by atoms with Crippen LogP contribution in [-0.2, 0) is 25.2 Å². The summed E-state index contributed by atoms with van der Waals surface area (Å²) in [7, 11) is 0. The molecule has 0 unspecified atom stereocenters. The zero-order chi connectivity index (χ0) is 30.1. The van der Waals surface area contributed by atoms with Crippen LogP contribution in [0.3, 0.4) is 0 Å². The summed E-state index contributed by atoms with van der Waals surface area (Å²) in [5, 5.41) is 0. The van der Waals surface area contributed by atoms with Crippen LogP contribution in [0.2, 0.25) is 0 Å². The zero-order valence-corrected chi connectivity index (χ0v) is 25.7. The van der Waals surface area contributed by atoms with Gasteiger partial charge in [-0.2, -0.15) is 0 Å². The summed E-state index contributed by atoms with van der Waals surface area (Å²) in [5.41, 5.74) is 2.57. The number of imide groups is 1. The summed E-state index contributed by atoms with van der Waals surface area (Å²) in [4.78, 5) is 47.2. The highest BCUT2D eigenvalue weighted by Gasteiger charge is 2.82. The summed E-state index contributed by atoms with van der Waals surface area (Å²) in [6.07, 6.45) is 0. The van der Waals surface area contributed by atoms with E-state index in [4.69, 9.17) is 0 Å². The zero-order valence-electron chi connectivity index (χ0n) is 23.6. The van der Waals surface area contributed by atoms with Gasteiger partial charge in [-0.3, -0.25) is 14.4 Å². The number of halogens is 1.